The zero-order valence-corrected chi connectivity index (χ0v) is 21.0. The van der Waals surface area contributed by atoms with Crippen LogP contribution >= 0.6 is 11.3 Å². The highest BCUT2D eigenvalue weighted by atomic mass is 32.1. The zero-order chi connectivity index (χ0) is 24.2. The molecule has 2 saturated carbocycles. The van der Waals surface area contributed by atoms with Crippen molar-refractivity contribution < 1.29 is 4.79 Å². The molecule has 0 aliphatic heterocycles. The maximum Gasteiger partial charge on any atom is 0.274 e. The first-order chi connectivity index (χ1) is 16.9. The van der Waals surface area contributed by atoms with E-state index in [1.54, 1.807) is 23.9 Å². The second kappa shape index (κ2) is 8.20. The van der Waals surface area contributed by atoms with Crippen LogP contribution in [0.25, 0.3) is 10.2 Å². The molecule has 0 unspecified atom stereocenters. The Labute approximate surface area is 208 Å². The van der Waals surface area contributed by atoms with Gasteiger partial charge in [-0.3, -0.25) is 9.78 Å². The third-order valence-corrected chi connectivity index (χ3v) is 8.35. The fourth-order valence-corrected chi connectivity index (χ4v) is 6.12. The Kier molecular flexibility index (Phi) is 5.23. The Balaban J connectivity index is 1.27. The summed E-state index contributed by atoms with van der Waals surface area (Å²) in [5.74, 6) is 1.30. The number of anilines is 1. The van der Waals surface area contributed by atoms with Gasteiger partial charge in [0.05, 0.1) is 17.3 Å². The molecule has 0 saturated heterocycles. The minimum absolute atomic E-state index is 0.220. The Morgan fingerprint density at radius 3 is 2.80 bits per heavy atom. The lowest BCUT2D eigenvalue weighted by molar-refractivity contribution is 0.102. The second-order valence-corrected chi connectivity index (χ2v) is 11.4. The fraction of sp³-hybridized carbons (Fsp3) is 0.423. The summed E-state index contributed by atoms with van der Waals surface area (Å²) in [5.41, 5.74) is 3.22. The van der Waals surface area contributed by atoms with Crippen LogP contribution in [0, 0.1) is 5.92 Å². The lowest BCUT2D eigenvalue weighted by Crippen LogP contribution is -2.43. The predicted molar refractivity (Wildman–Crippen MR) is 136 cm³/mol. The summed E-state index contributed by atoms with van der Waals surface area (Å²) in [6, 6.07) is 6.01. The molecule has 2 fully saturated rings. The minimum Gasteiger partial charge on any atom is -0.320 e. The van der Waals surface area contributed by atoms with Gasteiger partial charge < -0.3 is 15.2 Å². The van der Waals surface area contributed by atoms with E-state index in [4.69, 9.17) is 0 Å². The van der Waals surface area contributed by atoms with Gasteiger partial charge in [0.1, 0.15) is 22.7 Å². The first-order valence-corrected chi connectivity index (χ1v) is 13.0. The van der Waals surface area contributed by atoms with Crippen LogP contribution < -0.4 is 10.6 Å². The van der Waals surface area contributed by atoms with E-state index in [9.17, 15) is 4.79 Å². The van der Waals surface area contributed by atoms with E-state index in [-0.39, 0.29) is 16.9 Å². The van der Waals surface area contributed by atoms with Gasteiger partial charge in [-0.1, -0.05) is 6.92 Å². The largest absolute Gasteiger partial charge is 0.320 e. The number of amides is 1. The molecule has 2 aliphatic carbocycles. The minimum atomic E-state index is -0.232. The molecule has 0 bridgehead atoms. The summed E-state index contributed by atoms with van der Waals surface area (Å²) in [6.45, 7) is 5.21. The molecule has 4 heterocycles. The van der Waals surface area contributed by atoms with Crippen LogP contribution in [0.5, 0.6) is 0 Å². The Morgan fingerprint density at radius 2 is 2.09 bits per heavy atom. The molecular formula is C26H29N7OS. The molecule has 0 atom stereocenters. The van der Waals surface area contributed by atoms with E-state index in [0.29, 0.717) is 17.3 Å². The number of hydrogen-bond donors (Lipinski definition) is 2. The van der Waals surface area contributed by atoms with Crippen molar-refractivity contribution in [3.63, 3.8) is 0 Å². The number of nitrogens with zero attached hydrogens (tertiary/aromatic N) is 5. The normalized spacial score (nSPS) is 22.7. The number of aromatic nitrogens is 5. The number of pyridine rings is 2. The quantitative estimate of drug-likeness (QED) is 0.400. The van der Waals surface area contributed by atoms with Gasteiger partial charge in [-0.15, -0.1) is 21.5 Å². The van der Waals surface area contributed by atoms with Gasteiger partial charge in [-0.2, -0.15) is 0 Å². The molecule has 4 aromatic rings. The van der Waals surface area contributed by atoms with Gasteiger partial charge in [-0.05, 0) is 73.2 Å². The molecule has 180 valence electrons. The molecule has 1 amide bonds. The molecular weight excluding hydrogens is 458 g/mol. The Bertz CT molecular complexity index is 1410. The van der Waals surface area contributed by atoms with E-state index in [0.717, 1.165) is 46.6 Å². The van der Waals surface area contributed by atoms with Crippen molar-refractivity contribution in [1.29, 1.82) is 0 Å². The lowest BCUT2D eigenvalue weighted by atomic mass is 9.59. The van der Waals surface area contributed by atoms with Crippen molar-refractivity contribution in [2.75, 3.05) is 5.32 Å². The molecule has 0 spiro atoms. The van der Waals surface area contributed by atoms with E-state index in [2.05, 4.69) is 50.7 Å². The molecule has 8 nitrogen and oxygen atoms in total. The SMILES string of the molecule is CC1CC(c2cncc(NC(=O)c3cc(CNC4(C)CC4)c4ccsc4n3)c2)(c2nncn2C)C1. The van der Waals surface area contributed by atoms with Crippen LogP contribution in [0.3, 0.4) is 0 Å². The molecule has 2 N–H and O–H groups in total. The Hall–Kier alpha value is -3.17. The van der Waals surface area contributed by atoms with Crippen LogP contribution in [0.15, 0.2) is 42.3 Å². The fourth-order valence-electron chi connectivity index (χ4n) is 5.31. The van der Waals surface area contributed by atoms with Crippen molar-refractivity contribution >= 4 is 33.1 Å². The van der Waals surface area contributed by atoms with E-state index in [1.165, 1.54) is 12.8 Å². The Morgan fingerprint density at radius 1 is 1.26 bits per heavy atom. The van der Waals surface area contributed by atoms with Crippen LogP contribution in [0.1, 0.15) is 67.0 Å². The van der Waals surface area contributed by atoms with Crippen molar-refractivity contribution in [2.45, 2.75) is 57.0 Å². The summed E-state index contributed by atoms with van der Waals surface area (Å²) < 4.78 is 1.98. The highest BCUT2D eigenvalue weighted by Gasteiger charge is 2.48. The number of fused-ring (bicyclic) bond motifs is 1. The van der Waals surface area contributed by atoms with Gasteiger partial charge in [-0.25, -0.2) is 4.98 Å². The van der Waals surface area contributed by atoms with Gasteiger partial charge in [0.25, 0.3) is 5.91 Å². The van der Waals surface area contributed by atoms with Crippen LogP contribution in [0.4, 0.5) is 5.69 Å². The number of thiophene rings is 1. The average molecular weight is 488 g/mol. The van der Waals surface area contributed by atoms with Crippen molar-refractivity contribution in [3.05, 3.63) is 64.9 Å². The van der Waals surface area contributed by atoms with E-state index < -0.39 is 0 Å². The highest BCUT2D eigenvalue weighted by molar-refractivity contribution is 7.16. The molecule has 2 aliphatic rings. The molecule has 35 heavy (non-hydrogen) atoms. The van der Waals surface area contributed by atoms with Crippen molar-refractivity contribution in [3.8, 4) is 0 Å². The van der Waals surface area contributed by atoms with Gasteiger partial charge in [0, 0.05) is 30.7 Å². The predicted octanol–water partition coefficient (Wildman–Crippen LogP) is 4.43. The van der Waals surface area contributed by atoms with Gasteiger partial charge in [0.15, 0.2) is 0 Å². The summed E-state index contributed by atoms with van der Waals surface area (Å²) >= 11 is 1.56. The molecule has 4 aromatic heterocycles. The number of carbonyl (C=O) groups is 1. The summed E-state index contributed by atoms with van der Waals surface area (Å²) in [7, 11) is 1.97. The maximum absolute atomic E-state index is 13.3. The monoisotopic (exact) mass is 487 g/mol. The zero-order valence-electron chi connectivity index (χ0n) is 20.2. The van der Waals surface area contributed by atoms with Crippen LogP contribution in [0.2, 0.25) is 0 Å². The number of hydrogen-bond acceptors (Lipinski definition) is 7. The van der Waals surface area contributed by atoms with E-state index in [1.807, 2.05) is 35.3 Å². The van der Waals surface area contributed by atoms with Gasteiger partial charge >= 0.3 is 0 Å². The topological polar surface area (TPSA) is 97.6 Å². The third-order valence-electron chi connectivity index (χ3n) is 7.54. The molecule has 0 aromatic carbocycles. The molecule has 6 rings (SSSR count). The summed E-state index contributed by atoms with van der Waals surface area (Å²) in [4.78, 5) is 23.3. The lowest BCUT2D eigenvalue weighted by Gasteiger charge is -2.45. The van der Waals surface area contributed by atoms with Gasteiger partial charge in [0.2, 0.25) is 0 Å². The number of nitrogens with one attached hydrogen (secondary N) is 2. The third kappa shape index (κ3) is 4.02. The standard InChI is InChI=1S/C26H29N7OS/c1-16-10-26(11-16,24-32-29-15-33(24)3)18-9-19(14-27-13-18)30-22(34)21-8-17(12-28-25(2)5-6-25)20-4-7-35-23(20)31-21/h4,7-9,13-16,28H,5-6,10-12H2,1-3H3,(H,30,34). The highest BCUT2D eigenvalue weighted by Crippen LogP contribution is 2.51. The number of aryl methyl sites for hydroxylation is 1. The van der Waals surface area contributed by atoms with Crippen LogP contribution in [-0.2, 0) is 19.0 Å². The van der Waals surface area contributed by atoms with E-state index >= 15 is 0 Å². The van der Waals surface area contributed by atoms with Crippen molar-refractivity contribution in [1.82, 2.24) is 30.0 Å². The second-order valence-electron chi connectivity index (χ2n) is 10.5. The summed E-state index contributed by atoms with van der Waals surface area (Å²) in [6.07, 6.45) is 9.64. The first kappa shape index (κ1) is 22.3. The molecule has 9 heteroatoms. The first-order valence-electron chi connectivity index (χ1n) is 12.1. The number of rotatable bonds is 7. The average Bonchev–Trinajstić information content (AvgIpc) is 3.18. The number of carbonyl (C=O) groups excluding carboxylic acids is 1. The smallest absolute Gasteiger partial charge is 0.274 e. The van der Waals surface area contributed by atoms with Crippen LogP contribution in [-0.4, -0.2) is 36.2 Å². The maximum atomic E-state index is 13.3. The van der Waals surface area contributed by atoms with Crippen molar-refractivity contribution in [2.24, 2.45) is 13.0 Å². The summed E-state index contributed by atoms with van der Waals surface area (Å²) in [5, 5.41) is 18.3. The molecule has 0 radical (unpaired) electrons.